The zero-order valence-corrected chi connectivity index (χ0v) is 18.7. The molecule has 0 saturated carbocycles. The van der Waals surface area contributed by atoms with Gasteiger partial charge in [0, 0.05) is 12.5 Å². The number of nitrogens with one attached hydrogen (secondary N) is 2. The Bertz CT molecular complexity index is 931. The predicted molar refractivity (Wildman–Crippen MR) is 123 cm³/mol. The maximum atomic E-state index is 12.5. The summed E-state index contributed by atoms with van der Waals surface area (Å²) in [6.07, 6.45) is 1.47. The van der Waals surface area contributed by atoms with Crippen LogP contribution in [0.15, 0.2) is 48.5 Å². The fraction of sp³-hybridized carbons (Fsp3) is 0.400. The van der Waals surface area contributed by atoms with Gasteiger partial charge in [0.25, 0.3) is 0 Å². The molecule has 0 spiro atoms. The zero-order chi connectivity index (χ0) is 23.6. The maximum absolute atomic E-state index is 12.5. The third kappa shape index (κ3) is 6.55. The lowest BCUT2D eigenvalue weighted by atomic mass is 9.98. The molecule has 0 radical (unpaired) electrons. The number of rotatable bonds is 12. The molecule has 8 nitrogen and oxygen atoms in total. The van der Waals surface area contributed by atoms with Crippen molar-refractivity contribution in [3.05, 3.63) is 59.7 Å². The van der Waals surface area contributed by atoms with Crippen LogP contribution in [0.25, 0.3) is 11.1 Å². The first-order valence-electron chi connectivity index (χ1n) is 11.2. The Morgan fingerprint density at radius 1 is 1.03 bits per heavy atom. The molecule has 0 aliphatic heterocycles. The molecule has 3 rings (SSSR count). The van der Waals surface area contributed by atoms with Gasteiger partial charge in [0.15, 0.2) is 0 Å². The molecule has 0 aromatic heterocycles. The number of aliphatic carboxylic acids is 1. The molecule has 1 atom stereocenters. The molecule has 2 aromatic rings. The second kappa shape index (κ2) is 12.0. The molecule has 8 heteroatoms. The molecule has 2 aromatic carbocycles. The van der Waals surface area contributed by atoms with E-state index in [9.17, 15) is 14.4 Å². The van der Waals surface area contributed by atoms with Crippen LogP contribution in [0.1, 0.15) is 43.2 Å². The quantitative estimate of drug-likeness (QED) is 0.424. The van der Waals surface area contributed by atoms with Gasteiger partial charge in [-0.25, -0.2) is 9.59 Å². The number of ether oxygens (including phenoxy) is 2. The van der Waals surface area contributed by atoms with Crippen LogP contribution in [-0.4, -0.2) is 55.5 Å². The van der Waals surface area contributed by atoms with E-state index in [1.165, 1.54) is 0 Å². The highest BCUT2D eigenvalue weighted by atomic mass is 16.5. The average Bonchev–Trinajstić information content (AvgIpc) is 3.13. The smallest absolute Gasteiger partial charge is 0.407 e. The van der Waals surface area contributed by atoms with E-state index in [1.807, 2.05) is 43.3 Å². The summed E-state index contributed by atoms with van der Waals surface area (Å²) < 4.78 is 10.5. The largest absolute Gasteiger partial charge is 0.480 e. The second-order valence-corrected chi connectivity index (χ2v) is 7.90. The lowest BCUT2D eigenvalue weighted by molar-refractivity contribution is -0.142. The van der Waals surface area contributed by atoms with Crippen molar-refractivity contribution in [2.45, 2.75) is 38.1 Å². The number of carbonyl (C=O) groups is 3. The number of amides is 2. The van der Waals surface area contributed by atoms with E-state index < -0.39 is 24.7 Å². The Morgan fingerprint density at radius 2 is 1.67 bits per heavy atom. The molecule has 0 unspecified atom stereocenters. The molecule has 33 heavy (non-hydrogen) atoms. The average molecular weight is 455 g/mol. The van der Waals surface area contributed by atoms with Crippen LogP contribution in [0.4, 0.5) is 4.79 Å². The number of fused-ring (bicyclic) bond motifs is 3. The van der Waals surface area contributed by atoms with Crippen LogP contribution in [0.3, 0.4) is 0 Å². The SMILES string of the molecule is CCCC[C@H](NC(=O)OCC1c2ccccc2-c2ccccc21)C(=O)NCCOCC(=O)O. The zero-order valence-electron chi connectivity index (χ0n) is 18.7. The van der Waals surface area contributed by atoms with Crippen LogP contribution < -0.4 is 10.6 Å². The lowest BCUT2D eigenvalue weighted by Gasteiger charge is -2.19. The number of carboxylic acids is 1. The number of benzene rings is 2. The van der Waals surface area contributed by atoms with E-state index in [0.29, 0.717) is 6.42 Å². The van der Waals surface area contributed by atoms with Crippen molar-refractivity contribution in [2.24, 2.45) is 0 Å². The molecule has 2 amide bonds. The number of hydrogen-bond acceptors (Lipinski definition) is 5. The summed E-state index contributed by atoms with van der Waals surface area (Å²) in [6, 6.07) is 15.4. The minimum atomic E-state index is -1.07. The third-order valence-electron chi connectivity index (χ3n) is 5.57. The van der Waals surface area contributed by atoms with E-state index in [4.69, 9.17) is 14.6 Å². The molecular weight excluding hydrogens is 424 g/mol. The Morgan fingerprint density at radius 3 is 2.27 bits per heavy atom. The van der Waals surface area contributed by atoms with Gasteiger partial charge in [-0.1, -0.05) is 68.3 Å². The van der Waals surface area contributed by atoms with Crippen LogP contribution in [0.5, 0.6) is 0 Å². The molecule has 0 bridgehead atoms. The Labute approximate surface area is 193 Å². The Kier molecular flexibility index (Phi) is 8.83. The summed E-state index contributed by atoms with van der Waals surface area (Å²) in [5, 5.41) is 13.9. The fourth-order valence-electron chi connectivity index (χ4n) is 3.99. The number of unbranched alkanes of at least 4 members (excludes halogenated alkanes) is 1. The summed E-state index contributed by atoms with van der Waals surface area (Å²) in [7, 11) is 0. The highest BCUT2D eigenvalue weighted by Gasteiger charge is 2.29. The number of carbonyl (C=O) groups excluding carboxylic acids is 2. The lowest BCUT2D eigenvalue weighted by Crippen LogP contribution is -2.47. The maximum Gasteiger partial charge on any atom is 0.407 e. The van der Waals surface area contributed by atoms with Crippen molar-refractivity contribution in [3.63, 3.8) is 0 Å². The second-order valence-electron chi connectivity index (χ2n) is 7.90. The predicted octanol–water partition coefficient (Wildman–Crippen LogP) is 3.30. The van der Waals surface area contributed by atoms with Crippen molar-refractivity contribution in [1.82, 2.24) is 10.6 Å². The number of alkyl carbamates (subject to hydrolysis) is 1. The van der Waals surface area contributed by atoms with Crippen LogP contribution in [0.2, 0.25) is 0 Å². The van der Waals surface area contributed by atoms with E-state index in [2.05, 4.69) is 22.8 Å². The summed E-state index contributed by atoms with van der Waals surface area (Å²) in [5.74, 6) is -1.48. The molecule has 0 saturated heterocycles. The molecular formula is C25H30N2O6. The molecule has 0 fully saturated rings. The standard InChI is InChI=1S/C25H30N2O6/c1-2-3-12-22(24(30)26-13-14-32-16-23(28)29)27-25(31)33-15-21-19-10-6-4-8-17(19)18-9-5-7-11-20(18)21/h4-11,21-22H,2-3,12-16H2,1H3,(H,26,30)(H,27,31)(H,28,29)/t22-/m0/s1. The highest BCUT2D eigenvalue weighted by Crippen LogP contribution is 2.44. The summed E-state index contributed by atoms with van der Waals surface area (Å²) in [6.45, 7) is 1.98. The van der Waals surface area contributed by atoms with E-state index >= 15 is 0 Å². The monoisotopic (exact) mass is 454 g/mol. The van der Waals surface area contributed by atoms with E-state index in [0.717, 1.165) is 35.1 Å². The topological polar surface area (TPSA) is 114 Å². The van der Waals surface area contributed by atoms with Crippen molar-refractivity contribution in [3.8, 4) is 11.1 Å². The molecule has 0 heterocycles. The van der Waals surface area contributed by atoms with Crippen LogP contribution in [-0.2, 0) is 19.1 Å². The van der Waals surface area contributed by atoms with E-state index in [1.54, 1.807) is 0 Å². The molecule has 176 valence electrons. The molecule has 1 aliphatic rings. The van der Waals surface area contributed by atoms with Gasteiger partial charge in [-0.05, 0) is 28.7 Å². The first-order chi connectivity index (χ1) is 16.0. The third-order valence-corrected chi connectivity index (χ3v) is 5.57. The van der Waals surface area contributed by atoms with Gasteiger partial charge >= 0.3 is 12.1 Å². The minimum absolute atomic E-state index is 0.0579. The van der Waals surface area contributed by atoms with Crippen LogP contribution >= 0.6 is 0 Å². The first kappa shape index (κ1) is 24.3. The Hall–Kier alpha value is -3.39. The van der Waals surface area contributed by atoms with Gasteiger partial charge in [-0.3, -0.25) is 4.79 Å². The normalized spacial score (nSPS) is 13.0. The first-order valence-corrected chi connectivity index (χ1v) is 11.2. The molecule has 1 aliphatic carbocycles. The van der Waals surface area contributed by atoms with Gasteiger partial charge in [-0.2, -0.15) is 0 Å². The highest BCUT2D eigenvalue weighted by molar-refractivity contribution is 5.85. The summed E-state index contributed by atoms with van der Waals surface area (Å²) >= 11 is 0. The van der Waals surface area contributed by atoms with Crippen molar-refractivity contribution in [2.75, 3.05) is 26.4 Å². The van der Waals surface area contributed by atoms with Crippen molar-refractivity contribution >= 4 is 18.0 Å². The fourth-order valence-corrected chi connectivity index (χ4v) is 3.99. The van der Waals surface area contributed by atoms with Gasteiger partial charge in [-0.15, -0.1) is 0 Å². The summed E-state index contributed by atoms with van der Waals surface area (Å²) in [5.41, 5.74) is 4.53. The molecule has 3 N–H and O–H groups in total. The minimum Gasteiger partial charge on any atom is -0.480 e. The Balaban J connectivity index is 1.55. The summed E-state index contributed by atoms with van der Waals surface area (Å²) in [4.78, 5) is 35.5. The van der Waals surface area contributed by atoms with Crippen molar-refractivity contribution in [1.29, 1.82) is 0 Å². The van der Waals surface area contributed by atoms with Gasteiger partial charge in [0.05, 0.1) is 6.61 Å². The number of carboxylic acid groups (broad SMARTS) is 1. The van der Waals surface area contributed by atoms with Gasteiger partial charge < -0.3 is 25.2 Å². The van der Waals surface area contributed by atoms with Crippen LogP contribution in [0, 0.1) is 0 Å². The van der Waals surface area contributed by atoms with Crippen molar-refractivity contribution < 1.29 is 29.0 Å². The number of hydrogen-bond donors (Lipinski definition) is 3. The van der Waals surface area contributed by atoms with Gasteiger partial charge in [0.2, 0.25) is 5.91 Å². The van der Waals surface area contributed by atoms with Gasteiger partial charge in [0.1, 0.15) is 19.3 Å². The van der Waals surface area contributed by atoms with E-state index in [-0.39, 0.29) is 31.6 Å².